The van der Waals surface area contributed by atoms with Crippen LogP contribution in [0.3, 0.4) is 0 Å². The molecule has 4 rings (SSSR count). The van der Waals surface area contributed by atoms with Gasteiger partial charge in [-0.15, -0.1) is 0 Å². The van der Waals surface area contributed by atoms with Crippen molar-refractivity contribution in [2.24, 2.45) is 0 Å². The molecule has 0 bridgehead atoms. The average molecular weight is 471 g/mol. The lowest BCUT2D eigenvalue weighted by Crippen LogP contribution is -2.40. The van der Waals surface area contributed by atoms with E-state index in [1.165, 1.54) is 16.6 Å². The van der Waals surface area contributed by atoms with Crippen molar-refractivity contribution in [1.29, 1.82) is 0 Å². The fraction of sp³-hybridized carbons (Fsp3) is 0.304. The highest BCUT2D eigenvalue weighted by molar-refractivity contribution is 7.89. The van der Waals surface area contributed by atoms with Gasteiger partial charge in [0.2, 0.25) is 15.9 Å². The van der Waals surface area contributed by atoms with E-state index >= 15 is 0 Å². The number of hydrogen-bond acceptors (Lipinski definition) is 6. The Kier molecular flexibility index (Phi) is 6.77. The van der Waals surface area contributed by atoms with Gasteiger partial charge in [-0.3, -0.25) is 4.79 Å². The quantitative estimate of drug-likeness (QED) is 0.549. The Morgan fingerprint density at radius 1 is 1.18 bits per heavy atom. The molecule has 1 amide bonds. The molecule has 1 saturated heterocycles. The molecular weight excluding hydrogens is 444 g/mol. The summed E-state index contributed by atoms with van der Waals surface area (Å²) in [5.41, 5.74) is 3.06. The van der Waals surface area contributed by atoms with Crippen LogP contribution in [0.2, 0.25) is 0 Å². The second-order valence-electron chi connectivity index (χ2n) is 7.82. The Bertz CT molecular complexity index is 1230. The number of carbonyl (C=O) groups excluding carboxylic acids is 1. The van der Waals surface area contributed by atoms with Crippen LogP contribution in [0.1, 0.15) is 27.2 Å². The molecule has 2 aromatic heterocycles. The van der Waals surface area contributed by atoms with Crippen molar-refractivity contribution >= 4 is 15.9 Å². The fourth-order valence-corrected chi connectivity index (χ4v) is 4.78. The maximum Gasteiger partial charge on any atom is 0.268 e. The number of nitrogens with one attached hydrogen (secondary N) is 2. The number of aromatic amines is 1. The number of hydrogen-bond donors (Lipinski definition) is 2. The van der Waals surface area contributed by atoms with Crippen LogP contribution in [0.5, 0.6) is 11.6 Å². The fourth-order valence-electron chi connectivity index (χ4n) is 3.37. The van der Waals surface area contributed by atoms with Crippen molar-refractivity contribution in [3.05, 3.63) is 71.2 Å². The van der Waals surface area contributed by atoms with Crippen molar-refractivity contribution < 1.29 is 22.7 Å². The molecular formula is C23H26N4O5S. The van der Waals surface area contributed by atoms with Crippen LogP contribution in [0.15, 0.2) is 53.7 Å². The van der Waals surface area contributed by atoms with Crippen molar-refractivity contribution in [2.75, 3.05) is 26.3 Å². The number of aromatic nitrogens is 2. The first-order valence-corrected chi connectivity index (χ1v) is 12.0. The molecule has 2 N–H and O–H groups in total. The largest absolute Gasteiger partial charge is 0.439 e. The number of morpholine rings is 1. The summed E-state index contributed by atoms with van der Waals surface area (Å²) in [7, 11) is -3.66. The summed E-state index contributed by atoms with van der Waals surface area (Å²) >= 11 is 0. The number of pyridine rings is 1. The molecule has 0 atom stereocenters. The summed E-state index contributed by atoms with van der Waals surface area (Å²) in [5, 5.41) is 2.77. The molecule has 0 spiro atoms. The molecule has 3 aromatic rings. The number of aryl methyl sites for hydroxylation is 2. The zero-order valence-corrected chi connectivity index (χ0v) is 19.3. The van der Waals surface area contributed by atoms with Gasteiger partial charge in [-0.2, -0.15) is 4.31 Å². The summed E-state index contributed by atoms with van der Waals surface area (Å²) < 4.78 is 37.8. The number of carbonyl (C=O) groups is 1. The van der Waals surface area contributed by atoms with Crippen molar-refractivity contribution in [3.8, 4) is 11.6 Å². The lowest BCUT2D eigenvalue weighted by Gasteiger charge is -2.25. The van der Waals surface area contributed by atoms with Crippen LogP contribution >= 0.6 is 0 Å². The number of H-pyrrole nitrogens is 1. The smallest absolute Gasteiger partial charge is 0.268 e. The van der Waals surface area contributed by atoms with Crippen LogP contribution in [0.4, 0.5) is 0 Å². The third kappa shape index (κ3) is 5.41. The number of benzene rings is 1. The number of nitrogens with zero attached hydrogens (tertiary/aromatic N) is 2. The molecule has 174 valence electrons. The molecule has 0 unspecified atom stereocenters. The summed E-state index contributed by atoms with van der Waals surface area (Å²) in [6, 6.07) is 10.9. The molecule has 9 nitrogen and oxygen atoms in total. The standard InChI is InChI=1S/C23H26N4O5S/c1-16-3-4-17(2)21(11-16)32-22-6-5-18(13-25-22)14-26-23(28)20-12-19(15-24-20)33(29,30)27-7-9-31-10-8-27/h3-6,11-13,15,24H,7-10,14H2,1-2H3,(H,26,28). The summed E-state index contributed by atoms with van der Waals surface area (Å²) in [6.45, 7) is 5.52. The van der Waals surface area contributed by atoms with E-state index in [0.717, 1.165) is 22.4 Å². The van der Waals surface area contributed by atoms with E-state index in [4.69, 9.17) is 9.47 Å². The highest BCUT2D eigenvalue weighted by Crippen LogP contribution is 2.24. The molecule has 0 aliphatic carbocycles. The van der Waals surface area contributed by atoms with Gasteiger partial charge in [-0.05, 0) is 42.7 Å². The first kappa shape index (κ1) is 23.0. The van der Waals surface area contributed by atoms with Gasteiger partial charge < -0.3 is 19.8 Å². The highest BCUT2D eigenvalue weighted by Gasteiger charge is 2.27. The second-order valence-corrected chi connectivity index (χ2v) is 9.76. The molecule has 0 radical (unpaired) electrons. The van der Waals surface area contributed by atoms with E-state index < -0.39 is 15.9 Å². The second kappa shape index (κ2) is 9.74. The van der Waals surface area contributed by atoms with Gasteiger partial charge in [0.15, 0.2) is 0 Å². The first-order valence-electron chi connectivity index (χ1n) is 10.6. The van der Waals surface area contributed by atoms with E-state index in [1.807, 2.05) is 38.1 Å². The van der Waals surface area contributed by atoms with E-state index in [1.54, 1.807) is 12.3 Å². The van der Waals surface area contributed by atoms with Crippen LogP contribution in [0, 0.1) is 13.8 Å². The van der Waals surface area contributed by atoms with Gasteiger partial charge in [0.25, 0.3) is 5.91 Å². The van der Waals surface area contributed by atoms with Crippen molar-refractivity contribution in [2.45, 2.75) is 25.3 Å². The van der Waals surface area contributed by atoms with Gasteiger partial charge >= 0.3 is 0 Å². The van der Waals surface area contributed by atoms with Crippen molar-refractivity contribution in [3.63, 3.8) is 0 Å². The van der Waals surface area contributed by atoms with Gasteiger partial charge in [-0.25, -0.2) is 13.4 Å². The van der Waals surface area contributed by atoms with Crippen LogP contribution in [-0.2, 0) is 21.3 Å². The number of ether oxygens (including phenoxy) is 2. The third-order valence-electron chi connectivity index (χ3n) is 5.32. The van der Waals surface area contributed by atoms with Gasteiger partial charge in [0.1, 0.15) is 16.3 Å². The Hall–Kier alpha value is -3.21. The number of sulfonamides is 1. The SMILES string of the molecule is Cc1ccc(C)c(Oc2ccc(CNC(=O)c3cc(S(=O)(=O)N4CCOCC4)c[nH]3)cn2)c1. The molecule has 0 saturated carbocycles. The predicted molar refractivity (Wildman–Crippen MR) is 122 cm³/mol. The van der Waals surface area contributed by atoms with E-state index in [9.17, 15) is 13.2 Å². The normalized spacial score (nSPS) is 14.7. The van der Waals surface area contributed by atoms with Crippen LogP contribution < -0.4 is 10.1 Å². The van der Waals surface area contributed by atoms with E-state index in [-0.39, 0.29) is 17.1 Å². The topological polar surface area (TPSA) is 114 Å². The molecule has 10 heteroatoms. The Morgan fingerprint density at radius 2 is 1.97 bits per heavy atom. The predicted octanol–water partition coefficient (Wildman–Crippen LogP) is 2.77. The van der Waals surface area contributed by atoms with Crippen molar-refractivity contribution in [1.82, 2.24) is 19.6 Å². The Balaban J connectivity index is 1.35. The van der Waals surface area contributed by atoms with E-state index in [2.05, 4.69) is 15.3 Å². The molecule has 33 heavy (non-hydrogen) atoms. The minimum atomic E-state index is -3.66. The first-order chi connectivity index (χ1) is 15.8. The zero-order chi connectivity index (χ0) is 23.4. The maximum absolute atomic E-state index is 12.7. The lowest BCUT2D eigenvalue weighted by atomic mass is 10.1. The summed E-state index contributed by atoms with van der Waals surface area (Å²) in [4.78, 5) is 19.6. The third-order valence-corrected chi connectivity index (χ3v) is 7.19. The Labute approximate surface area is 192 Å². The minimum absolute atomic E-state index is 0.0594. The zero-order valence-electron chi connectivity index (χ0n) is 18.5. The molecule has 1 aliphatic heterocycles. The van der Waals surface area contributed by atoms with Crippen LogP contribution in [0.25, 0.3) is 0 Å². The highest BCUT2D eigenvalue weighted by atomic mass is 32.2. The van der Waals surface area contributed by atoms with Gasteiger partial charge in [0.05, 0.1) is 13.2 Å². The Morgan fingerprint density at radius 3 is 2.70 bits per heavy atom. The minimum Gasteiger partial charge on any atom is -0.439 e. The lowest BCUT2D eigenvalue weighted by molar-refractivity contribution is 0.0730. The summed E-state index contributed by atoms with van der Waals surface area (Å²) in [5.74, 6) is 0.799. The monoisotopic (exact) mass is 470 g/mol. The average Bonchev–Trinajstić information content (AvgIpc) is 3.33. The summed E-state index contributed by atoms with van der Waals surface area (Å²) in [6.07, 6.45) is 2.96. The molecule has 1 fully saturated rings. The van der Waals surface area contributed by atoms with Gasteiger partial charge in [-0.1, -0.05) is 18.2 Å². The van der Waals surface area contributed by atoms with Gasteiger partial charge in [0, 0.05) is 38.1 Å². The van der Waals surface area contributed by atoms with E-state index in [0.29, 0.717) is 32.2 Å². The van der Waals surface area contributed by atoms with Crippen LogP contribution in [-0.4, -0.2) is 54.9 Å². The number of amides is 1. The molecule has 1 aromatic carbocycles. The maximum atomic E-state index is 12.7. The molecule has 3 heterocycles. The number of rotatable bonds is 7. The molecule has 1 aliphatic rings.